The molecule has 0 unspecified atom stereocenters. The second-order valence-electron chi connectivity index (χ2n) is 7.07. The lowest BCUT2D eigenvalue weighted by Crippen LogP contribution is -2.42. The highest BCUT2D eigenvalue weighted by Gasteiger charge is 2.31. The summed E-state index contributed by atoms with van der Waals surface area (Å²) in [6.45, 7) is 1.44. The zero-order chi connectivity index (χ0) is 19.9. The number of anilines is 1. The largest absolute Gasteiger partial charge is 0.469 e. The Hall–Kier alpha value is -2.73. The van der Waals surface area contributed by atoms with Gasteiger partial charge in [0.1, 0.15) is 11.9 Å². The highest BCUT2D eigenvalue weighted by Crippen LogP contribution is 2.29. The standard InChI is InChI=1S/C22H25FN2O3/c1-28-20(26)15-16-11-13-25(14-12-16)21(17-5-3-2-4-6-17)22(27)24-19-9-7-18(23)8-10-19/h2-10,16,21H,11-15H2,1H3,(H,24,27)/t21-/m1/s1. The molecule has 1 aliphatic rings. The Kier molecular flexibility index (Phi) is 6.76. The van der Waals surface area contributed by atoms with Crippen molar-refractivity contribution in [2.75, 3.05) is 25.5 Å². The predicted molar refractivity (Wildman–Crippen MR) is 105 cm³/mol. The molecule has 2 aromatic carbocycles. The fraction of sp³-hybridized carbons (Fsp3) is 0.364. The molecule has 0 bridgehead atoms. The Morgan fingerprint density at radius 3 is 2.36 bits per heavy atom. The van der Waals surface area contributed by atoms with E-state index in [1.165, 1.54) is 19.2 Å². The maximum absolute atomic E-state index is 13.1. The second-order valence-corrected chi connectivity index (χ2v) is 7.07. The van der Waals surface area contributed by atoms with Gasteiger partial charge in [0.2, 0.25) is 5.91 Å². The Labute approximate surface area is 164 Å². The van der Waals surface area contributed by atoms with Gasteiger partial charge in [-0.15, -0.1) is 0 Å². The van der Waals surface area contributed by atoms with Crippen LogP contribution in [0.5, 0.6) is 0 Å². The summed E-state index contributed by atoms with van der Waals surface area (Å²) in [5.41, 5.74) is 1.47. The summed E-state index contributed by atoms with van der Waals surface area (Å²) in [4.78, 5) is 26.7. The molecule has 0 radical (unpaired) electrons. The molecule has 148 valence electrons. The number of hydrogen-bond acceptors (Lipinski definition) is 4. The van der Waals surface area contributed by atoms with Crippen molar-refractivity contribution in [2.24, 2.45) is 5.92 Å². The molecule has 1 N–H and O–H groups in total. The van der Waals surface area contributed by atoms with E-state index in [4.69, 9.17) is 4.74 Å². The monoisotopic (exact) mass is 384 g/mol. The van der Waals surface area contributed by atoms with Crippen LogP contribution in [0.1, 0.15) is 30.9 Å². The lowest BCUT2D eigenvalue weighted by Gasteiger charge is -2.36. The molecule has 5 nitrogen and oxygen atoms in total. The third-order valence-corrected chi connectivity index (χ3v) is 5.17. The normalized spacial score (nSPS) is 16.4. The number of rotatable bonds is 6. The van der Waals surface area contributed by atoms with Crippen LogP contribution in [-0.2, 0) is 14.3 Å². The zero-order valence-corrected chi connectivity index (χ0v) is 15.9. The third kappa shape index (κ3) is 5.16. The molecule has 28 heavy (non-hydrogen) atoms. The van der Waals surface area contributed by atoms with E-state index in [1.807, 2.05) is 30.3 Å². The van der Waals surface area contributed by atoms with Crippen LogP contribution in [0.2, 0.25) is 0 Å². The van der Waals surface area contributed by atoms with Gasteiger partial charge < -0.3 is 10.1 Å². The number of nitrogens with one attached hydrogen (secondary N) is 1. The summed E-state index contributed by atoms with van der Waals surface area (Å²) in [6.07, 6.45) is 2.09. The molecule has 3 rings (SSSR count). The number of halogens is 1. The number of nitrogens with zero attached hydrogens (tertiary/aromatic N) is 1. The van der Waals surface area contributed by atoms with Crippen molar-refractivity contribution >= 4 is 17.6 Å². The first-order valence-corrected chi connectivity index (χ1v) is 9.49. The number of benzene rings is 2. The molecule has 1 fully saturated rings. The molecule has 6 heteroatoms. The molecule has 1 atom stereocenters. The molecule has 0 spiro atoms. The Morgan fingerprint density at radius 2 is 1.75 bits per heavy atom. The number of methoxy groups -OCH3 is 1. The minimum absolute atomic E-state index is 0.149. The van der Waals surface area contributed by atoms with E-state index in [0.29, 0.717) is 12.1 Å². The van der Waals surface area contributed by atoms with Crippen LogP contribution in [0.4, 0.5) is 10.1 Å². The number of hydrogen-bond donors (Lipinski definition) is 1. The van der Waals surface area contributed by atoms with E-state index >= 15 is 0 Å². The van der Waals surface area contributed by atoms with Crippen molar-refractivity contribution < 1.29 is 18.7 Å². The lowest BCUT2D eigenvalue weighted by molar-refractivity contribution is -0.142. The van der Waals surface area contributed by atoms with Gasteiger partial charge in [0, 0.05) is 12.1 Å². The topological polar surface area (TPSA) is 58.6 Å². The molecule has 0 saturated carbocycles. The van der Waals surface area contributed by atoms with Crippen LogP contribution in [0.25, 0.3) is 0 Å². The number of ether oxygens (including phenoxy) is 1. The van der Waals surface area contributed by atoms with E-state index in [0.717, 1.165) is 31.5 Å². The minimum atomic E-state index is -0.440. The summed E-state index contributed by atoms with van der Waals surface area (Å²) in [5, 5.41) is 2.90. The van der Waals surface area contributed by atoms with E-state index in [2.05, 4.69) is 10.2 Å². The number of piperidine rings is 1. The summed E-state index contributed by atoms with van der Waals surface area (Å²) >= 11 is 0. The molecule has 1 saturated heterocycles. The van der Waals surface area contributed by atoms with Crippen molar-refractivity contribution in [1.29, 1.82) is 0 Å². The highest BCUT2D eigenvalue weighted by atomic mass is 19.1. The van der Waals surface area contributed by atoms with Crippen molar-refractivity contribution in [3.63, 3.8) is 0 Å². The fourth-order valence-corrected chi connectivity index (χ4v) is 3.64. The van der Waals surface area contributed by atoms with Gasteiger partial charge in [-0.1, -0.05) is 30.3 Å². The average molecular weight is 384 g/mol. The highest BCUT2D eigenvalue weighted by molar-refractivity contribution is 5.95. The minimum Gasteiger partial charge on any atom is -0.469 e. The van der Waals surface area contributed by atoms with E-state index in [1.54, 1.807) is 12.1 Å². The van der Waals surface area contributed by atoms with Crippen molar-refractivity contribution in [1.82, 2.24) is 4.90 Å². The van der Waals surface area contributed by atoms with Gasteiger partial charge in [0.15, 0.2) is 0 Å². The first-order valence-electron chi connectivity index (χ1n) is 9.49. The molecule has 1 amide bonds. The summed E-state index contributed by atoms with van der Waals surface area (Å²) < 4.78 is 17.9. The first kappa shape index (κ1) is 20.0. The molecule has 2 aromatic rings. The second kappa shape index (κ2) is 9.46. The molecule has 0 aromatic heterocycles. The zero-order valence-electron chi connectivity index (χ0n) is 15.9. The molecule has 1 heterocycles. The van der Waals surface area contributed by atoms with E-state index in [9.17, 15) is 14.0 Å². The number of carbonyl (C=O) groups is 2. The van der Waals surface area contributed by atoms with Crippen LogP contribution in [0, 0.1) is 11.7 Å². The SMILES string of the molecule is COC(=O)CC1CCN([C@@H](C(=O)Nc2ccc(F)cc2)c2ccccc2)CC1. The summed E-state index contributed by atoms with van der Waals surface area (Å²) in [7, 11) is 1.41. The van der Waals surface area contributed by atoms with E-state index in [-0.39, 0.29) is 23.6 Å². The van der Waals surface area contributed by atoms with Gasteiger partial charge in [0.25, 0.3) is 0 Å². The van der Waals surface area contributed by atoms with Gasteiger partial charge in [-0.05, 0) is 61.7 Å². The number of esters is 1. The Bertz CT molecular complexity index is 787. The van der Waals surface area contributed by atoms with Crippen LogP contribution >= 0.6 is 0 Å². The van der Waals surface area contributed by atoms with Crippen LogP contribution in [-0.4, -0.2) is 37.0 Å². The van der Waals surface area contributed by atoms with Crippen molar-refractivity contribution in [3.05, 3.63) is 66.0 Å². The molecular weight excluding hydrogens is 359 g/mol. The number of amides is 1. The van der Waals surface area contributed by atoms with Crippen LogP contribution in [0.3, 0.4) is 0 Å². The average Bonchev–Trinajstić information content (AvgIpc) is 2.72. The Balaban J connectivity index is 1.72. The third-order valence-electron chi connectivity index (χ3n) is 5.17. The van der Waals surface area contributed by atoms with Gasteiger partial charge >= 0.3 is 5.97 Å². The first-order chi connectivity index (χ1) is 13.6. The quantitative estimate of drug-likeness (QED) is 0.770. The van der Waals surface area contributed by atoms with Gasteiger partial charge in [0.05, 0.1) is 7.11 Å². The predicted octanol–water partition coefficient (Wildman–Crippen LogP) is 3.78. The number of carbonyl (C=O) groups excluding carboxylic acids is 2. The summed E-state index contributed by atoms with van der Waals surface area (Å²) in [5.74, 6) is -0.401. The van der Waals surface area contributed by atoms with Gasteiger partial charge in [-0.25, -0.2) is 4.39 Å². The van der Waals surface area contributed by atoms with Crippen LogP contribution < -0.4 is 5.32 Å². The smallest absolute Gasteiger partial charge is 0.305 e. The summed E-state index contributed by atoms with van der Waals surface area (Å²) in [6, 6.07) is 14.9. The number of likely N-dealkylation sites (tertiary alicyclic amines) is 1. The fourth-order valence-electron chi connectivity index (χ4n) is 3.64. The molecular formula is C22H25FN2O3. The lowest BCUT2D eigenvalue weighted by atomic mass is 9.91. The Morgan fingerprint density at radius 1 is 1.11 bits per heavy atom. The van der Waals surface area contributed by atoms with Crippen molar-refractivity contribution in [2.45, 2.75) is 25.3 Å². The van der Waals surface area contributed by atoms with Gasteiger partial charge in [-0.3, -0.25) is 14.5 Å². The van der Waals surface area contributed by atoms with E-state index < -0.39 is 6.04 Å². The van der Waals surface area contributed by atoms with Crippen molar-refractivity contribution in [3.8, 4) is 0 Å². The molecule has 0 aliphatic carbocycles. The molecule has 1 aliphatic heterocycles. The maximum Gasteiger partial charge on any atom is 0.305 e. The van der Waals surface area contributed by atoms with Crippen LogP contribution in [0.15, 0.2) is 54.6 Å². The maximum atomic E-state index is 13.1. The van der Waals surface area contributed by atoms with Gasteiger partial charge in [-0.2, -0.15) is 0 Å².